The minimum Gasteiger partial charge on any atom is -0.331 e. The smallest absolute Gasteiger partial charge is 0.254 e. The first kappa shape index (κ1) is 28.3. The van der Waals surface area contributed by atoms with Gasteiger partial charge in [-0.05, 0) is 71.5 Å². The number of amides is 1. The molecule has 1 aliphatic heterocycles. The van der Waals surface area contributed by atoms with E-state index in [-0.39, 0.29) is 11.9 Å². The number of piperidine rings is 1. The number of rotatable bonds is 12. The molecule has 0 spiro atoms. The van der Waals surface area contributed by atoms with E-state index in [1.165, 1.54) is 52.8 Å². The second kappa shape index (κ2) is 14.4. The summed E-state index contributed by atoms with van der Waals surface area (Å²) < 4.78 is 0. The summed E-state index contributed by atoms with van der Waals surface area (Å²) in [6.45, 7) is 5.89. The Bertz CT molecular complexity index is 1290. The number of nitrogens with zero attached hydrogens (tertiary/aromatic N) is 2. The van der Waals surface area contributed by atoms with Gasteiger partial charge in [-0.3, -0.25) is 9.69 Å². The molecule has 2 heterocycles. The number of hydrogen-bond acceptors (Lipinski definition) is 3. The van der Waals surface area contributed by atoms with Gasteiger partial charge in [0.1, 0.15) is 0 Å². The number of hydrogen-bond donors (Lipinski definition) is 0. The van der Waals surface area contributed by atoms with Gasteiger partial charge < -0.3 is 4.90 Å². The van der Waals surface area contributed by atoms with Crippen molar-refractivity contribution in [3.8, 4) is 10.4 Å². The van der Waals surface area contributed by atoms with E-state index in [9.17, 15) is 4.79 Å². The van der Waals surface area contributed by atoms with Gasteiger partial charge in [0.2, 0.25) is 0 Å². The van der Waals surface area contributed by atoms with Gasteiger partial charge in [0.15, 0.2) is 0 Å². The standard InChI is InChI=1S/C36H42N2OS/c1-2-3-4-6-10-29-14-20-33(21-15-29)36(39)38(28-31-16-18-32(19-17-31)35-13-9-26-40-35)34-22-24-37(25-23-34)27-30-11-7-5-8-12-30/h5,7-9,11-21,26,34H,2-4,6,10,22-25,27-28H2,1H3. The lowest BCUT2D eigenvalue weighted by molar-refractivity contribution is 0.0543. The van der Waals surface area contributed by atoms with Crippen molar-refractivity contribution in [3.63, 3.8) is 0 Å². The number of thiophene rings is 1. The van der Waals surface area contributed by atoms with Crippen LogP contribution in [0, 0.1) is 0 Å². The van der Waals surface area contributed by atoms with Gasteiger partial charge in [0, 0.05) is 42.7 Å². The second-order valence-electron chi connectivity index (χ2n) is 11.1. The Hall–Kier alpha value is -3.21. The Balaban J connectivity index is 1.28. The number of carbonyl (C=O) groups excluding carboxylic acids is 1. The van der Waals surface area contributed by atoms with E-state index in [2.05, 4.69) is 113 Å². The van der Waals surface area contributed by atoms with E-state index in [1.807, 2.05) is 0 Å². The van der Waals surface area contributed by atoms with Gasteiger partial charge in [-0.25, -0.2) is 0 Å². The summed E-state index contributed by atoms with van der Waals surface area (Å²) in [5.41, 5.74) is 5.92. The summed E-state index contributed by atoms with van der Waals surface area (Å²) in [6.07, 6.45) is 8.14. The van der Waals surface area contributed by atoms with Crippen LogP contribution in [0.1, 0.15) is 72.5 Å². The molecule has 3 nitrogen and oxygen atoms in total. The molecular formula is C36H42N2OS. The zero-order chi connectivity index (χ0) is 27.6. The van der Waals surface area contributed by atoms with Crippen molar-refractivity contribution in [1.29, 1.82) is 0 Å². The predicted octanol–water partition coefficient (Wildman–Crippen LogP) is 8.84. The summed E-state index contributed by atoms with van der Waals surface area (Å²) >= 11 is 1.76. The fraction of sp³-hybridized carbons (Fsp3) is 0.361. The van der Waals surface area contributed by atoms with Crippen LogP contribution >= 0.6 is 11.3 Å². The molecule has 4 heteroatoms. The Morgan fingerprint density at radius 1 is 0.800 bits per heavy atom. The number of likely N-dealkylation sites (tertiary alicyclic amines) is 1. The second-order valence-corrected chi connectivity index (χ2v) is 12.1. The summed E-state index contributed by atoms with van der Waals surface area (Å²) in [7, 11) is 0. The van der Waals surface area contributed by atoms with Crippen LogP contribution in [0.5, 0.6) is 0 Å². The lowest BCUT2D eigenvalue weighted by atomic mass is 9.99. The van der Waals surface area contributed by atoms with Crippen LogP contribution in [0.4, 0.5) is 0 Å². The molecule has 0 atom stereocenters. The minimum absolute atomic E-state index is 0.154. The summed E-state index contributed by atoms with van der Waals surface area (Å²) in [5.74, 6) is 0.154. The van der Waals surface area contributed by atoms with Crippen molar-refractivity contribution in [2.75, 3.05) is 13.1 Å². The Morgan fingerprint density at radius 3 is 2.20 bits per heavy atom. The van der Waals surface area contributed by atoms with E-state index >= 15 is 0 Å². The van der Waals surface area contributed by atoms with Crippen molar-refractivity contribution >= 4 is 17.2 Å². The summed E-state index contributed by atoms with van der Waals surface area (Å²) in [6, 6.07) is 32.4. The van der Waals surface area contributed by atoms with Crippen LogP contribution in [0.25, 0.3) is 10.4 Å². The van der Waals surface area contributed by atoms with Crippen LogP contribution in [0.15, 0.2) is 96.4 Å². The quantitative estimate of drug-likeness (QED) is 0.165. The molecular weight excluding hydrogens is 508 g/mol. The van der Waals surface area contributed by atoms with Gasteiger partial charge in [-0.15, -0.1) is 11.3 Å². The Kier molecular flexibility index (Phi) is 10.2. The molecule has 208 valence electrons. The van der Waals surface area contributed by atoms with Crippen LogP contribution in [0.2, 0.25) is 0 Å². The molecule has 5 rings (SSSR count). The molecule has 3 aromatic carbocycles. The number of aryl methyl sites for hydroxylation is 1. The van der Waals surface area contributed by atoms with Crippen molar-refractivity contribution in [2.24, 2.45) is 0 Å². The summed E-state index contributed by atoms with van der Waals surface area (Å²) in [5, 5.41) is 2.12. The first-order valence-corrected chi connectivity index (χ1v) is 15.9. The monoisotopic (exact) mass is 550 g/mol. The van der Waals surface area contributed by atoms with Crippen LogP contribution < -0.4 is 0 Å². The van der Waals surface area contributed by atoms with E-state index in [1.54, 1.807) is 11.3 Å². The highest BCUT2D eigenvalue weighted by atomic mass is 32.1. The minimum atomic E-state index is 0.154. The predicted molar refractivity (Wildman–Crippen MR) is 169 cm³/mol. The topological polar surface area (TPSA) is 23.6 Å². The van der Waals surface area contributed by atoms with Gasteiger partial charge in [-0.1, -0.05) is 99.0 Å². The number of benzene rings is 3. The molecule has 1 aliphatic rings. The first-order valence-electron chi connectivity index (χ1n) is 15.0. The molecule has 4 aromatic rings. The highest BCUT2D eigenvalue weighted by Crippen LogP contribution is 2.27. The molecule has 1 aromatic heterocycles. The third-order valence-corrected chi connectivity index (χ3v) is 9.06. The third kappa shape index (κ3) is 7.71. The lowest BCUT2D eigenvalue weighted by Gasteiger charge is -2.39. The SMILES string of the molecule is CCCCCCc1ccc(C(=O)N(Cc2ccc(-c3cccs3)cc2)C2CCN(Cc3ccccc3)CC2)cc1. The van der Waals surface area contributed by atoms with Gasteiger partial charge in [0.25, 0.3) is 5.91 Å². The summed E-state index contributed by atoms with van der Waals surface area (Å²) in [4.78, 5) is 20.0. The molecule has 0 unspecified atom stereocenters. The largest absolute Gasteiger partial charge is 0.331 e. The maximum Gasteiger partial charge on any atom is 0.254 e. The zero-order valence-electron chi connectivity index (χ0n) is 23.8. The zero-order valence-corrected chi connectivity index (χ0v) is 24.6. The lowest BCUT2D eigenvalue weighted by Crippen LogP contribution is -2.46. The van der Waals surface area contributed by atoms with Crippen LogP contribution in [-0.4, -0.2) is 34.8 Å². The molecule has 1 fully saturated rings. The highest BCUT2D eigenvalue weighted by molar-refractivity contribution is 7.13. The number of carbonyl (C=O) groups is 1. The highest BCUT2D eigenvalue weighted by Gasteiger charge is 2.29. The molecule has 0 N–H and O–H groups in total. The fourth-order valence-electron chi connectivity index (χ4n) is 5.75. The van der Waals surface area contributed by atoms with Crippen molar-refractivity contribution < 1.29 is 4.79 Å². The van der Waals surface area contributed by atoms with Gasteiger partial charge in [0.05, 0.1) is 0 Å². The Labute approximate surface area is 244 Å². The van der Waals surface area contributed by atoms with Gasteiger partial charge >= 0.3 is 0 Å². The third-order valence-electron chi connectivity index (χ3n) is 8.14. The van der Waals surface area contributed by atoms with E-state index in [4.69, 9.17) is 0 Å². The normalized spacial score (nSPS) is 14.3. The average molecular weight is 551 g/mol. The first-order chi connectivity index (χ1) is 19.7. The van der Waals surface area contributed by atoms with Gasteiger partial charge in [-0.2, -0.15) is 0 Å². The molecule has 0 radical (unpaired) electrons. The molecule has 0 saturated carbocycles. The maximum atomic E-state index is 14.0. The van der Waals surface area contributed by atoms with Crippen molar-refractivity contribution in [1.82, 2.24) is 9.80 Å². The average Bonchev–Trinajstić information content (AvgIpc) is 3.55. The van der Waals surface area contributed by atoms with E-state index in [0.29, 0.717) is 6.54 Å². The molecule has 1 saturated heterocycles. The maximum absolute atomic E-state index is 14.0. The van der Waals surface area contributed by atoms with E-state index < -0.39 is 0 Å². The number of unbranched alkanes of at least 4 members (excludes halogenated alkanes) is 3. The van der Waals surface area contributed by atoms with Crippen molar-refractivity contribution in [2.45, 2.75) is 71.0 Å². The fourth-order valence-corrected chi connectivity index (χ4v) is 6.48. The molecule has 40 heavy (non-hydrogen) atoms. The van der Waals surface area contributed by atoms with Crippen LogP contribution in [0.3, 0.4) is 0 Å². The molecule has 0 aliphatic carbocycles. The Morgan fingerprint density at radius 2 is 1.52 bits per heavy atom. The molecule has 1 amide bonds. The van der Waals surface area contributed by atoms with Crippen molar-refractivity contribution in [3.05, 3.63) is 119 Å². The van der Waals surface area contributed by atoms with E-state index in [0.717, 1.165) is 44.5 Å². The van der Waals surface area contributed by atoms with Crippen LogP contribution in [-0.2, 0) is 19.5 Å². The molecule has 0 bridgehead atoms.